The van der Waals surface area contributed by atoms with Crippen LogP contribution in [0.25, 0.3) is 11.1 Å². The Kier molecular flexibility index (Phi) is 5.25. The third-order valence-corrected chi connectivity index (χ3v) is 6.62. The first-order valence-electron chi connectivity index (χ1n) is 9.21. The topological polar surface area (TPSA) is 66.6 Å². The van der Waals surface area contributed by atoms with Crippen LogP contribution in [0, 0.1) is 5.92 Å². The van der Waals surface area contributed by atoms with Crippen LogP contribution in [-0.4, -0.2) is 22.0 Å². The van der Waals surface area contributed by atoms with Gasteiger partial charge in [0.15, 0.2) is 0 Å². The molecule has 2 aromatic rings. The zero-order valence-electron chi connectivity index (χ0n) is 15.6. The molecule has 1 aliphatic carbocycles. The van der Waals surface area contributed by atoms with Gasteiger partial charge in [-0.1, -0.05) is 38.1 Å². The second-order valence-electron chi connectivity index (χ2n) is 6.56. The van der Waals surface area contributed by atoms with Crippen molar-refractivity contribution in [1.29, 1.82) is 0 Å². The van der Waals surface area contributed by atoms with Crippen molar-refractivity contribution in [3.05, 3.63) is 48.0 Å². The van der Waals surface area contributed by atoms with Gasteiger partial charge in [-0.05, 0) is 53.6 Å². The maximum atomic E-state index is 12.7. The zero-order valence-corrected chi connectivity index (χ0v) is 16.5. The van der Waals surface area contributed by atoms with Crippen LogP contribution in [-0.2, 0) is 16.8 Å². The van der Waals surface area contributed by atoms with Crippen LogP contribution in [0.5, 0.6) is 0 Å². The molecular weight excluding hydrogens is 346 g/mol. The lowest BCUT2D eigenvalue weighted by molar-refractivity contribution is 0.590. The molecule has 5 nitrogen and oxygen atoms in total. The van der Waals surface area contributed by atoms with Gasteiger partial charge in [0.05, 0.1) is 11.4 Å². The number of rotatable bonds is 4. The van der Waals surface area contributed by atoms with E-state index < -0.39 is 10.2 Å². The Bertz CT molecular complexity index is 892. The van der Waals surface area contributed by atoms with Crippen molar-refractivity contribution < 1.29 is 8.42 Å². The van der Waals surface area contributed by atoms with Crippen molar-refractivity contribution in [3.63, 3.8) is 0 Å². The molecule has 0 atom stereocenters. The molecule has 2 N–H and O–H groups in total. The fourth-order valence-electron chi connectivity index (χ4n) is 3.17. The number of hydrogen-bond acceptors (Lipinski definition) is 3. The molecule has 140 valence electrons. The van der Waals surface area contributed by atoms with Crippen molar-refractivity contribution >= 4 is 21.6 Å². The van der Waals surface area contributed by atoms with Crippen molar-refractivity contribution in [1.82, 2.24) is 0 Å². The minimum Gasteiger partial charge on any atom is -0.326 e. The molecule has 0 saturated heterocycles. The highest BCUT2D eigenvalue weighted by Gasteiger charge is 2.40. The van der Waals surface area contributed by atoms with Gasteiger partial charge in [-0.3, -0.25) is 8.61 Å². The lowest BCUT2D eigenvalue weighted by Gasteiger charge is -2.18. The van der Waals surface area contributed by atoms with Gasteiger partial charge in [-0.25, -0.2) is 0 Å². The summed E-state index contributed by atoms with van der Waals surface area (Å²) in [6, 6.07) is 13.9. The lowest BCUT2D eigenvalue weighted by atomic mass is 10.0. The Morgan fingerprint density at radius 1 is 1.04 bits per heavy atom. The monoisotopic (exact) mass is 373 g/mol. The van der Waals surface area contributed by atoms with Gasteiger partial charge in [0.2, 0.25) is 0 Å². The van der Waals surface area contributed by atoms with Crippen molar-refractivity contribution in [2.24, 2.45) is 11.7 Å². The lowest BCUT2D eigenvalue weighted by Crippen LogP contribution is -2.36. The molecule has 2 aromatic carbocycles. The van der Waals surface area contributed by atoms with Gasteiger partial charge in [-0.2, -0.15) is 8.42 Å². The second-order valence-corrected chi connectivity index (χ2v) is 8.44. The van der Waals surface area contributed by atoms with E-state index in [4.69, 9.17) is 5.73 Å². The van der Waals surface area contributed by atoms with Crippen molar-refractivity contribution in [2.45, 2.75) is 33.2 Å². The number of hydrogen-bond donors (Lipinski definition) is 1. The molecule has 2 aliphatic rings. The minimum absolute atomic E-state index is 0.488. The number of nitrogens with two attached hydrogens (primary N) is 1. The largest absolute Gasteiger partial charge is 0.326 e. The summed E-state index contributed by atoms with van der Waals surface area (Å²) in [7, 11) is -1.82. The summed E-state index contributed by atoms with van der Waals surface area (Å²) in [6.45, 7) is 5.07. The maximum absolute atomic E-state index is 12.7. The maximum Gasteiger partial charge on any atom is 0.326 e. The molecule has 0 amide bonds. The Morgan fingerprint density at radius 3 is 2.38 bits per heavy atom. The average molecular weight is 374 g/mol. The normalized spacial score (nSPS) is 17.5. The van der Waals surface area contributed by atoms with Gasteiger partial charge < -0.3 is 5.73 Å². The van der Waals surface area contributed by atoms with E-state index >= 15 is 0 Å². The molecule has 0 bridgehead atoms. The minimum atomic E-state index is -3.45. The van der Waals surface area contributed by atoms with Crippen LogP contribution in [0.1, 0.15) is 32.3 Å². The first-order chi connectivity index (χ1) is 12.5. The van der Waals surface area contributed by atoms with Crippen LogP contribution in [0.3, 0.4) is 0 Å². The van der Waals surface area contributed by atoms with Crippen LogP contribution >= 0.6 is 0 Å². The highest BCUT2D eigenvalue weighted by molar-refractivity contribution is 7.94. The summed E-state index contributed by atoms with van der Waals surface area (Å²) in [5, 5.41) is 0. The van der Waals surface area contributed by atoms with E-state index in [9.17, 15) is 8.42 Å². The zero-order chi connectivity index (χ0) is 18.9. The molecule has 0 spiro atoms. The molecule has 0 radical (unpaired) electrons. The predicted molar refractivity (Wildman–Crippen MR) is 109 cm³/mol. The first kappa shape index (κ1) is 18.7. The highest BCUT2D eigenvalue weighted by Crippen LogP contribution is 2.44. The summed E-state index contributed by atoms with van der Waals surface area (Å²) in [6.07, 6.45) is 2.24. The van der Waals surface area contributed by atoms with Crippen LogP contribution in [0.15, 0.2) is 42.5 Å². The van der Waals surface area contributed by atoms with Gasteiger partial charge in [0, 0.05) is 20.1 Å². The van der Waals surface area contributed by atoms with E-state index in [1.807, 2.05) is 56.3 Å². The first-order valence-corrected chi connectivity index (χ1v) is 10.6. The van der Waals surface area contributed by atoms with E-state index in [0.717, 1.165) is 40.9 Å². The number of anilines is 2. The molecule has 0 aromatic heterocycles. The quantitative estimate of drug-likeness (QED) is 0.887. The van der Waals surface area contributed by atoms with Crippen LogP contribution < -0.4 is 14.3 Å². The summed E-state index contributed by atoms with van der Waals surface area (Å²) < 4.78 is 28.3. The van der Waals surface area contributed by atoms with Gasteiger partial charge >= 0.3 is 10.2 Å². The molecule has 1 heterocycles. The Balaban J connectivity index is 0.000000948. The Hall–Kier alpha value is -2.05. The summed E-state index contributed by atoms with van der Waals surface area (Å²) in [5.74, 6) is 0.500. The molecule has 1 aliphatic heterocycles. The van der Waals surface area contributed by atoms with Gasteiger partial charge in [0.1, 0.15) is 0 Å². The third kappa shape index (κ3) is 3.31. The van der Waals surface area contributed by atoms with Crippen LogP contribution in [0.4, 0.5) is 11.4 Å². The summed E-state index contributed by atoms with van der Waals surface area (Å²) in [5.41, 5.74) is 10.4. The second kappa shape index (κ2) is 7.29. The molecule has 1 fully saturated rings. The molecular formula is C20H27N3O2S. The predicted octanol–water partition coefficient (Wildman–Crippen LogP) is 3.75. The molecule has 26 heavy (non-hydrogen) atoms. The summed E-state index contributed by atoms with van der Waals surface area (Å²) in [4.78, 5) is 0. The number of nitrogens with zero attached hydrogens (tertiary/aromatic N) is 2. The number of fused-ring (bicyclic) bond motifs is 1. The van der Waals surface area contributed by atoms with E-state index in [-0.39, 0.29) is 0 Å². The smallest absolute Gasteiger partial charge is 0.326 e. The Morgan fingerprint density at radius 2 is 1.73 bits per heavy atom. The fourth-order valence-corrected chi connectivity index (χ4v) is 4.66. The van der Waals surface area contributed by atoms with E-state index in [2.05, 4.69) is 0 Å². The van der Waals surface area contributed by atoms with Crippen molar-refractivity contribution in [2.75, 3.05) is 22.2 Å². The number of benzene rings is 2. The third-order valence-electron chi connectivity index (χ3n) is 4.82. The Labute approximate surface area is 156 Å². The van der Waals surface area contributed by atoms with Gasteiger partial charge in [0.25, 0.3) is 0 Å². The summed E-state index contributed by atoms with van der Waals surface area (Å²) >= 11 is 0. The van der Waals surface area contributed by atoms with E-state index in [1.165, 1.54) is 4.31 Å². The molecule has 6 heteroatoms. The highest BCUT2D eigenvalue weighted by atomic mass is 32.2. The molecule has 4 rings (SSSR count). The average Bonchev–Trinajstić information content (AvgIpc) is 3.48. The van der Waals surface area contributed by atoms with E-state index in [0.29, 0.717) is 19.0 Å². The van der Waals surface area contributed by atoms with Crippen molar-refractivity contribution in [3.8, 4) is 11.1 Å². The van der Waals surface area contributed by atoms with Crippen LogP contribution in [0.2, 0.25) is 0 Å². The SMILES string of the molecule is CC.CN1c2cc(-c3cccc(CN)c3)ccc2N(CC2CC2)S1(=O)=O. The van der Waals surface area contributed by atoms with Gasteiger partial charge in [-0.15, -0.1) is 0 Å². The fraction of sp³-hybridized carbons (Fsp3) is 0.400. The van der Waals surface area contributed by atoms with E-state index in [1.54, 1.807) is 11.4 Å². The molecule has 0 unspecified atom stereocenters. The standard InChI is InChI=1S/C18H21N3O2S.C2H6/c1-20-18-10-16(15-4-2-3-14(9-15)11-19)7-8-17(18)21(24(20,22)23)12-13-5-6-13;1-2/h2-4,7-10,13H,5-6,11-12,19H2,1H3;1-2H3. The molecule has 1 saturated carbocycles.